The van der Waals surface area contributed by atoms with Crippen molar-refractivity contribution in [2.75, 3.05) is 7.05 Å². The van der Waals surface area contributed by atoms with Crippen molar-refractivity contribution in [1.29, 1.82) is 0 Å². The third kappa shape index (κ3) is 2.46. The summed E-state index contributed by atoms with van der Waals surface area (Å²) in [5.41, 5.74) is 1.93. The number of benzene rings is 1. The van der Waals surface area contributed by atoms with Crippen molar-refractivity contribution >= 4 is 15.9 Å². The minimum absolute atomic E-state index is 0.698. The summed E-state index contributed by atoms with van der Waals surface area (Å²) in [5, 5.41) is 7.02. The lowest BCUT2D eigenvalue weighted by atomic mass is 10.1. The fraction of sp³-hybridized carbons (Fsp3) is 0.182. The van der Waals surface area contributed by atoms with Gasteiger partial charge < -0.3 is 9.84 Å². The molecule has 0 aliphatic carbocycles. The quantitative estimate of drug-likeness (QED) is 0.929. The van der Waals surface area contributed by atoms with Gasteiger partial charge in [0.05, 0.1) is 6.54 Å². The zero-order chi connectivity index (χ0) is 10.7. The molecule has 2 rings (SSSR count). The van der Waals surface area contributed by atoms with E-state index in [2.05, 4.69) is 26.4 Å². The Kier molecular flexibility index (Phi) is 3.18. The molecule has 0 atom stereocenters. The number of aromatic nitrogens is 1. The van der Waals surface area contributed by atoms with Crippen LogP contribution in [0, 0.1) is 0 Å². The molecule has 1 heterocycles. The molecule has 0 spiro atoms. The molecule has 0 fully saturated rings. The maximum atomic E-state index is 5.17. The number of hydrogen-bond donors (Lipinski definition) is 1. The zero-order valence-electron chi connectivity index (χ0n) is 8.33. The second kappa shape index (κ2) is 4.59. The first-order chi connectivity index (χ1) is 7.29. The third-order valence-corrected chi connectivity index (χ3v) is 2.58. The molecule has 15 heavy (non-hydrogen) atoms. The summed E-state index contributed by atoms with van der Waals surface area (Å²) in [6, 6.07) is 9.93. The van der Waals surface area contributed by atoms with Gasteiger partial charge in [0.15, 0.2) is 5.76 Å². The van der Waals surface area contributed by atoms with Crippen LogP contribution in [0.2, 0.25) is 0 Å². The Morgan fingerprint density at radius 2 is 2.07 bits per heavy atom. The molecule has 0 unspecified atom stereocenters. The maximum absolute atomic E-state index is 5.17. The molecule has 0 aliphatic rings. The fourth-order valence-electron chi connectivity index (χ4n) is 1.33. The largest absolute Gasteiger partial charge is 0.359 e. The summed E-state index contributed by atoms with van der Waals surface area (Å²) in [6.45, 7) is 0.698. The van der Waals surface area contributed by atoms with E-state index in [1.807, 2.05) is 37.4 Å². The number of nitrogens with zero attached hydrogens (tertiary/aromatic N) is 1. The van der Waals surface area contributed by atoms with Gasteiger partial charge in [0.1, 0.15) is 5.69 Å². The van der Waals surface area contributed by atoms with Gasteiger partial charge in [-0.3, -0.25) is 0 Å². The number of halogens is 1. The lowest BCUT2D eigenvalue weighted by Gasteiger charge is -1.94. The summed E-state index contributed by atoms with van der Waals surface area (Å²) >= 11 is 3.39. The molecule has 0 bridgehead atoms. The van der Waals surface area contributed by atoms with E-state index in [1.165, 1.54) is 0 Å². The van der Waals surface area contributed by atoms with E-state index in [-0.39, 0.29) is 0 Å². The summed E-state index contributed by atoms with van der Waals surface area (Å²) in [5.74, 6) is 0.843. The first-order valence-electron chi connectivity index (χ1n) is 4.66. The molecule has 0 saturated carbocycles. The highest BCUT2D eigenvalue weighted by atomic mass is 79.9. The van der Waals surface area contributed by atoms with Gasteiger partial charge in [0.2, 0.25) is 0 Å². The lowest BCUT2D eigenvalue weighted by molar-refractivity contribution is 0.379. The maximum Gasteiger partial charge on any atom is 0.151 e. The number of rotatable bonds is 3. The Hall–Kier alpha value is -1.13. The van der Waals surface area contributed by atoms with Crippen LogP contribution in [0.15, 0.2) is 39.3 Å². The Balaban J connectivity index is 2.25. The summed E-state index contributed by atoms with van der Waals surface area (Å²) in [6.07, 6.45) is 0. The normalized spacial score (nSPS) is 10.5. The van der Waals surface area contributed by atoms with Crippen molar-refractivity contribution in [1.82, 2.24) is 10.5 Å². The van der Waals surface area contributed by atoms with Crippen molar-refractivity contribution in [2.24, 2.45) is 0 Å². The van der Waals surface area contributed by atoms with Gasteiger partial charge in [-0.15, -0.1) is 0 Å². The molecule has 1 aromatic carbocycles. The third-order valence-electron chi connectivity index (χ3n) is 2.05. The van der Waals surface area contributed by atoms with Crippen molar-refractivity contribution < 1.29 is 4.52 Å². The monoisotopic (exact) mass is 266 g/mol. The molecule has 4 heteroatoms. The van der Waals surface area contributed by atoms with Gasteiger partial charge >= 0.3 is 0 Å². The molecular formula is C11H11BrN2O. The molecule has 3 nitrogen and oxygen atoms in total. The van der Waals surface area contributed by atoms with E-state index in [1.54, 1.807) is 0 Å². The van der Waals surface area contributed by atoms with E-state index in [4.69, 9.17) is 4.52 Å². The Morgan fingerprint density at radius 1 is 1.33 bits per heavy atom. The molecule has 0 saturated heterocycles. The summed E-state index contributed by atoms with van der Waals surface area (Å²) < 4.78 is 6.23. The molecule has 0 radical (unpaired) electrons. The highest BCUT2D eigenvalue weighted by Crippen LogP contribution is 2.21. The Labute approximate surface area is 96.6 Å². The van der Waals surface area contributed by atoms with Crippen molar-refractivity contribution in [3.05, 3.63) is 40.6 Å². The van der Waals surface area contributed by atoms with E-state index >= 15 is 0 Å². The van der Waals surface area contributed by atoms with Crippen LogP contribution in [0.3, 0.4) is 0 Å². The second-order valence-corrected chi connectivity index (χ2v) is 4.13. The molecule has 1 N–H and O–H groups in total. The topological polar surface area (TPSA) is 38.1 Å². The van der Waals surface area contributed by atoms with Gasteiger partial charge in [-0.2, -0.15) is 0 Å². The second-order valence-electron chi connectivity index (χ2n) is 3.22. The van der Waals surface area contributed by atoms with Gasteiger partial charge in [0.25, 0.3) is 0 Å². The predicted octanol–water partition coefficient (Wildman–Crippen LogP) is 2.82. The van der Waals surface area contributed by atoms with Crippen LogP contribution in [-0.4, -0.2) is 12.2 Å². The van der Waals surface area contributed by atoms with Crippen LogP contribution >= 0.6 is 15.9 Å². The average molecular weight is 267 g/mol. The van der Waals surface area contributed by atoms with Gasteiger partial charge in [-0.1, -0.05) is 33.2 Å². The van der Waals surface area contributed by atoms with Crippen LogP contribution in [0.4, 0.5) is 0 Å². The minimum Gasteiger partial charge on any atom is -0.359 e. The smallest absolute Gasteiger partial charge is 0.151 e. The Bertz CT molecular complexity index is 436. The molecule has 2 aromatic rings. The van der Waals surface area contributed by atoms with Crippen molar-refractivity contribution in [2.45, 2.75) is 6.54 Å². The molecular weight excluding hydrogens is 256 g/mol. The average Bonchev–Trinajstić information content (AvgIpc) is 2.68. The minimum atomic E-state index is 0.698. The summed E-state index contributed by atoms with van der Waals surface area (Å²) in [7, 11) is 1.88. The molecule has 78 valence electrons. The van der Waals surface area contributed by atoms with Crippen LogP contribution in [0.25, 0.3) is 11.3 Å². The first-order valence-corrected chi connectivity index (χ1v) is 5.45. The molecule has 0 amide bonds. The summed E-state index contributed by atoms with van der Waals surface area (Å²) in [4.78, 5) is 0. The van der Waals surface area contributed by atoms with Crippen LogP contribution < -0.4 is 5.32 Å². The van der Waals surface area contributed by atoms with Crippen LogP contribution in [0.1, 0.15) is 5.76 Å². The zero-order valence-corrected chi connectivity index (χ0v) is 9.91. The highest BCUT2D eigenvalue weighted by Gasteiger charge is 2.05. The fourth-order valence-corrected chi connectivity index (χ4v) is 1.59. The van der Waals surface area contributed by atoms with E-state index in [9.17, 15) is 0 Å². The predicted molar refractivity (Wildman–Crippen MR) is 62.4 cm³/mol. The van der Waals surface area contributed by atoms with Crippen LogP contribution in [0.5, 0.6) is 0 Å². The lowest BCUT2D eigenvalue weighted by Crippen LogP contribution is -2.03. The number of hydrogen-bond acceptors (Lipinski definition) is 3. The first kappa shape index (κ1) is 10.4. The number of nitrogens with one attached hydrogen (secondary N) is 1. The van der Waals surface area contributed by atoms with E-state index in [0.717, 1.165) is 21.5 Å². The Morgan fingerprint density at radius 3 is 2.73 bits per heavy atom. The van der Waals surface area contributed by atoms with Crippen molar-refractivity contribution in [3.8, 4) is 11.3 Å². The van der Waals surface area contributed by atoms with Gasteiger partial charge in [-0.25, -0.2) is 0 Å². The SMILES string of the molecule is CNCc1cc(-c2ccc(Br)cc2)no1. The van der Waals surface area contributed by atoms with Crippen LogP contribution in [-0.2, 0) is 6.54 Å². The van der Waals surface area contributed by atoms with E-state index in [0.29, 0.717) is 6.54 Å². The molecule has 0 aliphatic heterocycles. The van der Waals surface area contributed by atoms with E-state index < -0.39 is 0 Å². The van der Waals surface area contributed by atoms with Gasteiger partial charge in [-0.05, 0) is 19.2 Å². The standard InChI is InChI=1S/C11H11BrN2O/c1-13-7-10-6-11(14-15-10)8-2-4-9(12)5-3-8/h2-6,13H,7H2,1H3. The van der Waals surface area contributed by atoms with Gasteiger partial charge in [0, 0.05) is 16.1 Å². The van der Waals surface area contributed by atoms with Crippen molar-refractivity contribution in [3.63, 3.8) is 0 Å². The highest BCUT2D eigenvalue weighted by molar-refractivity contribution is 9.10. The molecule has 1 aromatic heterocycles.